The predicted octanol–water partition coefficient (Wildman–Crippen LogP) is 4.54. The van der Waals surface area contributed by atoms with E-state index in [9.17, 15) is 19.5 Å². The van der Waals surface area contributed by atoms with Crippen molar-refractivity contribution in [2.24, 2.45) is 5.41 Å². The quantitative estimate of drug-likeness (QED) is 0.264. The summed E-state index contributed by atoms with van der Waals surface area (Å²) in [6, 6.07) is 12.2. The van der Waals surface area contributed by atoms with Gasteiger partial charge in [0.1, 0.15) is 23.4 Å². The first-order valence-electron chi connectivity index (χ1n) is 14.7. The highest BCUT2D eigenvalue weighted by Crippen LogP contribution is 2.32. The first-order chi connectivity index (χ1) is 20.2. The molecule has 1 aliphatic carbocycles. The van der Waals surface area contributed by atoms with Crippen LogP contribution >= 0.6 is 0 Å². The molecule has 3 amide bonds. The maximum absolute atomic E-state index is 14.0. The van der Waals surface area contributed by atoms with E-state index < -0.39 is 41.4 Å². The van der Waals surface area contributed by atoms with Crippen LogP contribution in [-0.4, -0.2) is 61.2 Å². The Morgan fingerprint density at radius 2 is 1.58 bits per heavy atom. The minimum atomic E-state index is -1.07. The zero-order chi connectivity index (χ0) is 31.8. The van der Waals surface area contributed by atoms with Crippen LogP contribution in [0, 0.1) is 5.41 Å². The van der Waals surface area contributed by atoms with Crippen molar-refractivity contribution in [3.05, 3.63) is 65.2 Å². The number of carbonyl (C=O) groups excluding carboxylic acids is 3. The Morgan fingerprint density at radius 1 is 0.930 bits per heavy atom. The first-order valence-corrected chi connectivity index (χ1v) is 14.7. The number of amides is 3. The molecule has 4 N–H and O–H groups in total. The third-order valence-corrected chi connectivity index (χ3v) is 7.62. The molecule has 0 spiro atoms. The third-order valence-electron chi connectivity index (χ3n) is 7.62. The Kier molecular flexibility index (Phi) is 11.6. The summed E-state index contributed by atoms with van der Waals surface area (Å²) in [6.07, 6.45) is 1.72. The number of hydrogen-bond acceptors (Lipinski definition) is 7. The van der Waals surface area contributed by atoms with Crippen molar-refractivity contribution in [2.75, 3.05) is 14.2 Å². The van der Waals surface area contributed by atoms with Crippen LogP contribution in [0.25, 0.3) is 0 Å². The van der Waals surface area contributed by atoms with E-state index in [1.807, 2.05) is 32.0 Å². The number of methoxy groups -OCH3 is 2. The largest absolute Gasteiger partial charge is 0.508 e. The molecule has 0 heterocycles. The number of carbonyl (C=O) groups is 3. The number of phenolic OH excluding ortho intramolecular Hbond substituents is 1. The number of hydrogen-bond donors (Lipinski definition) is 4. The molecule has 0 bridgehead atoms. The van der Waals surface area contributed by atoms with Crippen LogP contribution in [0.4, 0.5) is 4.79 Å². The zero-order valence-electron chi connectivity index (χ0n) is 26.4. The molecule has 3 rings (SSSR count). The van der Waals surface area contributed by atoms with Gasteiger partial charge in [-0.05, 0) is 74.3 Å². The third kappa shape index (κ3) is 9.96. The lowest BCUT2D eigenvalue weighted by atomic mass is 9.79. The van der Waals surface area contributed by atoms with Gasteiger partial charge in [-0.1, -0.05) is 50.2 Å². The lowest BCUT2D eigenvalue weighted by Gasteiger charge is -2.38. The van der Waals surface area contributed by atoms with Crippen LogP contribution in [-0.2, 0) is 36.6 Å². The monoisotopic (exact) mass is 597 g/mol. The summed E-state index contributed by atoms with van der Waals surface area (Å²) in [5.41, 5.74) is 1.38. The van der Waals surface area contributed by atoms with Crippen molar-refractivity contribution in [3.8, 4) is 5.75 Å². The van der Waals surface area contributed by atoms with E-state index in [1.165, 1.54) is 31.9 Å². The molecule has 0 fully saturated rings. The fourth-order valence-electron chi connectivity index (χ4n) is 5.35. The average Bonchev–Trinajstić information content (AvgIpc) is 2.94. The summed E-state index contributed by atoms with van der Waals surface area (Å²) < 4.78 is 16.3. The summed E-state index contributed by atoms with van der Waals surface area (Å²) in [5.74, 6) is -0.812. The molecule has 0 saturated carbocycles. The van der Waals surface area contributed by atoms with E-state index in [2.05, 4.69) is 22.0 Å². The Hall–Kier alpha value is -3.63. The molecule has 43 heavy (non-hydrogen) atoms. The minimum Gasteiger partial charge on any atom is -0.508 e. The van der Waals surface area contributed by atoms with Gasteiger partial charge >= 0.3 is 6.09 Å². The van der Waals surface area contributed by atoms with E-state index in [0.717, 1.165) is 24.8 Å². The molecule has 1 aliphatic rings. The smallest absolute Gasteiger partial charge is 0.408 e. The van der Waals surface area contributed by atoms with Gasteiger partial charge in [0.25, 0.3) is 0 Å². The lowest BCUT2D eigenvalue weighted by Crippen LogP contribution is -2.60. The summed E-state index contributed by atoms with van der Waals surface area (Å²) in [6.45, 7) is 8.93. The van der Waals surface area contributed by atoms with E-state index in [1.54, 1.807) is 32.9 Å². The molecule has 0 aromatic heterocycles. The summed E-state index contributed by atoms with van der Waals surface area (Å²) in [4.78, 5) is 40.7. The van der Waals surface area contributed by atoms with E-state index in [0.29, 0.717) is 12.0 Å². The molecular formula is C33H47N3O7. The molecule has 0 aliphatic heterocycles. The first kappa shape index (κ1) is 33.9. The topological polar surface area (TPSA) is 135 Å². The number of phenols is 1. The van der Waals surface area contributed by atoms with E-state index in [-0.39, 0.29) is 24.1 Å². The molecule has 0 saturated heterocycles. The van der Waals surface area contributed by atoms with Gasteiger partial charge in [0.2, 0.25) is 11.8 Å². The van der Waals surface area contributed by atoms with Gasteiger partial charge < -0.3 is 35.3 Å². The molecule has 236 valence electrons. The molecule has 2 aromatic carbocycles. The van der Waals surface area contributed by atoms with Gasteiger partial charge in [0.15, 0.2) is 6.29 Å². The van der Waals surface area contributed by atoms with Gasteiger partial charge in [0.05, 0.1) is 6.04 Å². The second-order valence-electron chi connectivity index (χ2n) is 12.8. The minimum absolute atomic E-state index is 0.0819. The van der Waals surface area contributed by atoms with Crippen LogP contribution in [0.15, 0.2) is 48.5 Å². The number of rotatable bonds is 12. The van der Waals surface area contributed by atoms with Crippen molar-refractivity contribution >= 4 is 17.9 Å². The predicted molar refractivity (Wildman–Crippen MR) is 163 cm³/mol. The van der Waals surface area contributed by atoms with Gasteiger partial charge in [0, 0.05) is 27.1 Å². The fraction of sp³-hybridized carbons (Fsp3) is 0.545. The number of aryl methyl sites for hydroxylation is 1. The number of alkyl carbamates (subject to hydrolysis) is 1. The van der Waals surface area contributed by atoms with Crippen molar-refractivity contribution < 1.29 is 33.7 Å². The summed E-state index contributed by atoms with van der Waals surface area (Å²) >= 11 is 0. The number of nitrogens with one attached hydrogen (secondary N) is 3. The van der Waals surface area contributed by atoms with Gasteiger partial charge in [-0.2, -0.15) is 0 Å². The van der Waals surface area contributed by atoms with Crippen molar-refractivity contribution in [1.29, 1.82) is 0 Å². The Morgan fingerprint density at radius 3 is 2.21 bits per heavy atom. The second kappa shape index (κ2) is 14.7. The number of benzene rings is 2. The molecule has 3 atom stereocenters. The average molecular weight is 598 g/mol. The maximum Gasteiger partial charge on any atom is 0.408 e. The zero-order valence-corrected chi connectivity index (χ0v) is 26.4. The molecule has 10 nitrogen and oxygen atoms in total. The molecule has 2 aromatic rings. The number of fused-ring (bicyclic) bond motifs is 1. The van der Waals surface area contributed by atoms with E-state index >= 15 is 0 Å². The van der Waals surface area contributed by atoms with Crippen molar-refractivity contribution in [1.82, 2.24) is 16.0 Å². The second-order valence-corrected chi connectivity index (χ2v) is 12.8. The Bertz CT molecular complexity index is 1240. The highest BCUT2D eigenvalue weighted by atomic mass is 16.7. The summed E-state index contributed by atoms with van der Waals surface area (Å²) in [5, 5.41) is 18.5. The van der Waals surface area contributed by atoms with Crippen molar-refractivity contribution in [3.63, 3.8) is 0 Å². The highest BCUT2D eigenvalue weighted by molar-refractivity contribution is 5.92. The fourth-order valence-corrected chi connectivity index (χ4v) is 5.35. The SMILES string of the molecule is COC(CC(C)(C)C(NC(=O)[C@H](Cc1ccc(O)cc1)NC(=O)OC(C)(C)C)C(=O)N[C@@H]1CCCc2ccccc21)OC. The molecule has 10 heteroatoms. The highest BCUT2D eigenvalue weighted by Gasteiger charge is 2.41. The normalized spacial score (nSPS) is 16.5. The van der Waals surface area contributed by atoms with Gasteiger partial charge in [-0.25, -0.2) is 4.79 Å². The Balaban J connectivity index is 1.90. The van der Waals surface area contributed by atoms with Crippen LogP contribution in [0.1, 0.15) is 76.6 Å². The summed E-state index contributed by atoms with van der Waals surface area (Å²) in [7, 11) is 3.05. The lowest BCUT2D eigenvalue weighted by molar-refractivity contribution is -0.142. The van der Waals surface area contributed by atoms with Crippen LogP contribution in [0.3, 0.4) is 0 Å². The van der Waals surface area contributed by atoms with Crippen LogP contribution in [0.2, 0.25) is 0 Å². The molecule has 0 radical (unpaired) electrons. The number of ether oxygens (including phenoxy) is 3. The number of aromatic hydroxyl groups is 1. The Labute approximate surface area is 254 Å². The maximum atomic E-state index is 14.0. The van der Waals surface area contributed by atoms with Crippen molar-refractivity contribution in [2.45, 2.75) is 96.7 Å². The van der Waals surface area contributed by atoms with Crippen LogP contribution in [0.5, 0.6) is 5.75 Å². The van der Waals surface area contributed by atoms with Gasteiger partial charge in [-0.3, -0.25) is 9.59 Å². The molecule has 1 unspecified atom stereocenters. The van der Waals surface area contributed by atoms with Gasteiger partial charge in [-0.15, -0.1) is 0 Å². The standard InChI is InChI=1S/C33H47N3O7/c1-32(2,3)43-31(40)35-26(19-21-15-17-23(37)18-16-21)29(38)36-28(33(4,5)20-27(41-6)42-7)30(39)34-25-14-10-12-22-11-8-9-13-24(22)25/h8-9,11,13,15-18,25-28,37H,10,12,14,19-20H2,1-7H3,(H,34,39)(H,35,40)(H,36,38)/t25-,26+,28?/m1/s1. The molecular weight excluding hydrogens is 550 g/mol. The van der Waals surface area contributed by atoms with Crippen LogP contribution < -0.4 is 16.0 Å². The van der Waals surface area contributed by atoms with E-state index in [4.69, 9.17) is 14.2 Å².